The zero-order chi connectivity index (χ0) is 14.7. The topological polar surface area (TPSA) is 40.9 Å². The van der Waals surface area contributed by atoms with Crippen LogP contribution in [0, 0.1) is 16.7 Å². The normalized spacial score (nSPS) is 19.6. The second kappa shape index (κ2) is 5.38. The molecular formula is C19H15NO. The Morgan fingerprint density at radius 1 is 1.10 bits per heavy atom. The fourth-order valence-electron chi connectivity index (χ4n) is 2.88. The van der Waals surface area contributed by atoms with Gasteiger partial charge in [0.1, 0.15) is 0 Å². The van der Waals surface area contributed by atoms with Crippen molar-refractivity contribution in [1.82, 2.24) is 0 Å². The molecule has 1 atom stereocenters. The number of hydrogen-bond donors (Lipinski definition) is 0. The molecule has 0 fully saturated rings. The van der Waals surface area contributed by atoms with Crippen LogP contribution in [-0.2, 0) is 6.42 Å². The number of allylic oxidation sites excluding steroid dienone is 1. The zero-order valence-electron chi connectivity index (χ0n) is 11.6. The SMILES string of the molecule is N#CCC1(C(=O)c2ccccc2)C=Cc2ccccc2C1. The van der Waals surface area contributed by atoms with Crippen molar-refractivity contribution in [3.8, 4) is 6.07 Å². The van der Waals surface area contributed by atoms with Crippen LogP contribution in [0.5, 0.6) is 0 Å². The molecule has 0 saturated heterocycles. The maximum absolute atomic E-state index is 12.9. The summed E-state index contributed by atoms with van der Waals surface area (Å²) >= 11 is 0. The lowest BCUT2D eigenvalue weighted by Crippen LogP contribution is -2.33. The van der Waals surface area contributed by atoms with Crippen LogP contribution in [0.15, 0.2) is 60.7 Å². The summed E-state index contributed by atoms with van der Waals surface area (Å²) < 4.78 is 0. The Balaban J connectivity index is 2.04. The molecule has 0 N–H and O–H groups in total. The Morgan fingerprint density at radius 3 is 2.57 bits per heavy atom. The van der Waals surface area contributed by atoms with Crippen LogP contribution in [0.25, 0.3) is 6.08 Å². The van der Waals surface area contributed by atoms with Crippen molar-refractivity contribution in [1.29, 1.82) is 5.26 Å². The van der Waals surface area contributed by atoms with Crippen molar-refractivity contribution >= 4 is 11.9 Å². The summed E-state index contributed by atoms with van der Waals surface area (Å²) in [6.45, 7) is 0. The molecule has 1 aliphatic carbocycles. The monoisotopic (exact) mass is 273 g/mol. The summed E-state index contributed by atoms with van der Waals surface area (Å²) in [5.41, 5.74) is 2.17. The predicted molar refractivity (Wildman–Crippen MR) is 82.6 cm³/mol. The maximum atomic E-state index is 12.9. The number of ketones is 1. The van der Waals surface area contributed by atoms with Gasteiger partial charge in [0.25, 0.3) is 0 Å². The first-order valence-electron chi connectivity index (χ1n) is 6.99. The van der Waals surface area contributed by atoms with Gasteiger partial charge >= 0.3 is 0 Å². The van der Waals surface area contributed by atoms with E-state index in [1.54, 1.807) is 0 Å². The van der Waals surface area contributed by atoms with Crippen LogP contribution in [0.2, 0.25) is 0 Å². The molecule has 0 spiro atoms. The number of carbonyl (C=O) groups excluding carboxylic acids is 1. The summed E-state index contributed by atoms with van der Waals surface area (Å²) in [5, 5.41) is 9.19. The first-order chi connectivity index (χ1) is 10.2. The van der Waals surface area contributed by atoms with Gasteiger partial charge in [-0.2, -0.15) is 5.26 Å². The molecule has 102 valence electrons. The first-order valence-corrected chi connectivity index (χ1v) is 6.99. The molecule has 0 bridgehead atoms. The molecule has 2 nitrogen and oxygen atoms in total. The van der Waals surface area contributed by atoms with Crippen molar-refractivity contribution in [2.45, 2.75) is 12.8 Å². The van der Waals surface area contributed by atoms with Crippen LogP contribution < -0.4 is 0 Å². The van der Waals surface area contributed by atoms with Gasteiger partial charge in [0, 0.05) is 5.56 Å². The fourth-order valence-corrected chi connectivity index (χ4v) is 2.88. The van der Waals surface area contributed by atoms with E-state index in [-0.39, 0.29) is 12.2 Å². The second-order valence-electron chi connectivity index (χ2n) is 5.40. The zero-order valence-corrected chi connectivity index (χ0v) is 11.6. The van der Waals surface area contributed by atoms with Crippen molar-refractivity contribution in [2.75, 3.05) is 0 Å². The molecule has 1 unspecified atom stereocenters. The van der Waals surface area contributed by atoms with Gasteiger partial charge in [-0.1, -0.05) is 66.7 Å². The van der Waals surface area contributed by atoms with E-state index < -0.39 is 5.41 Å². The van der Waals surface area contributed by atoms with E-state index in [9.17, 15) is 10.1 Å². The number of rotatable bonds is 3. The summed E-state index contributed by atoms with van der Waals surface area (Å²) in [6.07, 6.45) is 4.66. The Labute approximate surface area is 124 Å². The molecule has 3 rings (SSSR count). The molecule has 0 amide bonds. The van der Waals surface area contributed by atoms with E-state index in [0.717, 1.165) is 11.1 Å². The van der Waals surface area contributed by atoms with Gasteiger partial charge in [-0.05, 0) is 17.5 Å². The van der Waals surface area contributed by atoms with Crippen molar-refractivity contribution < 1.29 is 4.79 Å². The molecular weight excluding hydrogens is 258 g/mol. The lowest BCUT2D eigenvalue weighted by molar-refractivity contribution is 0.0854. The number of benzene rings is 2. The molecule has 2 heteroatoms. The minimum absolute atomic E-state index is 0.0235. The van der Waals surface area contributed by atoms with E-state index in [2.05, 4.69) is 6.07 Å². The number of fused-ring (bicyclic) bond motifs is 1. The smallest absolute Gasteiger partial charge is 0.174 e. The van der Waals surface area contributed by atoms with Crippen molar-refractivity contribution in [3.05, 3.63) is 77.4 Å². The lowest BCUT2D eigenvalue weighted by Gasteiger charge is -2.30. The largest absolute Gasteiger partial charge is 0.293 e. The van der Waals surface area contributed by atoms with E-state index >= 15 is 0 Å². The number of Topliss-reactive ketones (excluding diaryl/α,β-unsaturated/α-hetero) is 1. The third kappa shape index (κ3) is 2.39. The third-order valence-electron chi connectivity index (χ3n) is 4.03. The van der Waals surface area contributed by atoms with Gasteiger partial charge in [0.05, 0.1) is 17.9 Å². The summed E-state index contributed by atoms with van der Waals surface area (Å²) in [5.74, 6) is 0.0235. The molecule has 2 aromatic carbocycles. The van der Waals surface area contributed by atoms with E-state index in [4.69, 9.17) is 0 Å². The number of carbonyl (C=O) groups is 1. The van der Waals surface area contributed by atoms with Crippen molar-refractivity contribution in [3.63, 3.8) is 0 Å². The average Bonchev–Trinajstić information content (AvgIpc) is 2.55. The average molecular weight is 273 g/mol. The Morgan fingerprint density at radius 2 is 1.81 bits per heavy atom. The molecule has 1 aliphatic rings. The summed E-state index contributed by atoms with van der Waals surface area (Å²) in [6, 6.07) is 19.4. The van der Waals surface area contributed by atoms with Gasteiger partial charge < -0.3 is 0 Å². The molecule has 0 heterocycles. The molecule has 0 aromatic heterocycles. The predicted octanol–water partition coefficient (Wildman–Crippen LogP) is 4.04. The quantitative estimate of drug-likeness (QED) is 0.792. The van der Waals surface area contributed by atoms with E-state index in [0.29, 0.717) is 12.0 Å². The highest BCUT2D eigenvalue weighted by Gasteiger charge is 2.38. The Bertz CT molecular complexity index is 740. The van der Waals surface area contributed by atoms with Gasteiger partial charge in [-0.3, -0.25) is 4.79 Å². The first kappa shape index (κ1) is 13.3. The van der Waals surface area contributed by atoms with Crippen LogP contribution >= 0.6 is 0 Å². The minimum atomic E-state index is -0.746. The number of hydrogen-bond acceptors (Lipinski definition) is 2. The molecule has 21 heavy (non-hydrogen) atoms. The number of nitrogens with zero attached hydrogens (tertiary/aromatic N) is 1. The minimum Gasteiger partial charge on any atom is -0.293 e. The van der Waals surface area contributed by atoms with Gasteiger partial charge in [0.2, 0.25) is 0 Å². The molecule has 2 aromatic rings. The molecule has 0 saturated carbocycles. The van der Waals surface area contributed by atoms with Crippen molar-refractivity contribution in [2.24, 2.45) is 5.41 Å². The molecule has 0 aliphatic heterocycles. The highest BCUT2D eigenvalue weighted by molar-refractivity contribution is 6.03. The van der Waals surface area contributed by atoms with Crippen LogP contribution in [0.3, 0.4) is 0 Å². The van der Waals surface area contributed by atoms with E-state index in [1.165, 1.54) is 0 Å². The van der Waals surface area contributed by atoms with Crippen LogP contribution in [0.1, 0.15) is 27.9 Å². The third-order valence-corrected chi connectivity index (χ3v) is 4.03. The second-order valence-corrected chi connectivity index (χ2v) is 5.40. The van der Waals surface area contributed by atoms with Gasteiger partial charge in [-0.15, -0.1) is 0 Å². The standard InChI is InChI=1S/C19H15NO/c20-13-12-19(18(21)16-7-2-1-3-8-16)11-10-15-6-4-5-9-17(15)14-19/h1-11H,12,14H2. The van der Waals surface area contributed by atoms with Crippen LogP contribution in [0.4, 0.5) is 0 Å². The number of nitriles is 1. The highest BCUT2D eigenvalue weighted by atomic mass is 16.1. The maximum Gasteiger partial charge on any atom is 0.174 e. The Kier molecular flexibility index (Phi) is 3.41. The summed E-state index contributed by atoms with van der Waals surface area (Å²) in [7, 11) is 0. The van der Waals surface area contributed by atoms with E-state index in [1.807, 2.05) is 66.7 Å². The van der Waals surface area contributed by atoms with Gasteiger partial charge in [0.15, 0.2) is 5.78 Å². The highest BCUT2D eigenvalue weighted by Crippen LogP contribution is 2.38. The Hall–Kier alpha value is -2.66. The summed E-state index contributed by atoms with van der Waals surface area (Å²) in [4.78, 5) is 12.9. The fraction of sp³-hybridized carbons (Fsp3) is 0.158. The lowest BCUT2D eigenvalue weighted by atomic mass is 9.70. The molecule has 0 radical (unpaired) electrons. The van der Waals surface area contributed by atoms with Crippen LogP contribution in [-0.4, -0.2) is 5.78 Å². The van der Waals surface area contributed by atoms with Gasteiger partial charge in [-0.25, -0.2) is 0 Å².